The predicted octanol–water partition coefficient (Wildman–Crippen LogP) is 5.14. The first-order valence-electron chi connectivity index (χ1n) is 11.1. The summed E-state index contributed by atoms with van der Waals surface area (Å²) in [7, 11) is -0.613. The molecule has 0 spiro atoms. The Morgan fingerprint density at radius 1 is 1.06 bits per heavy atom. The minimum absolute atomic E-state index is 0.194. The number of nitrogens with one attached hydrogen (secondary N) is 2. The van der Waals surface area contributed by atoms with Gasteiger partial charge >= 0.3 is 0 Å². The number of sulfonamides is 1. The number of rotatable bonds is 8. The summed E-state index contributed by atoms with van der Waals surface area (Å²) in [6.07, 6.45) is 1.12. The SMILES string of the molecule is CCN(c1cc2oc(-c3ccc(Nc4ccc(F)cc4)cc3)c(C(=O)NC)c2cc1OC)S(C)(=O)=O. The van der Waals surface area contributed by atoms with Crippen LogP contribution in [-0.4, -0.2) is 41.3 Å². The number of amides is 1. The van der Waals surface area contributed by atoms with Crippen molar-refractivity contribution < 1.29 is 26.8 Å². The molecule has 4 rings (SSSR count). The summed E-state index contributed by atoms with van der Waals surface area (Å²) in [6, 6.07) is 16.4. The molecule has 0 saturated carbocycles. The number of carbonyl (C=O) groups is 1. The lowest BCUT2D eigenvalue weighted by Gasteiger charge is -2.22. The molecule has 1 heterocycles. The fraction of sp³-hybridized carbons (Fsp3) is 0.192. The van der Waals surface area contributed by atoms with Crippen LogP contribution < -0.4 is 19.7 Å². The highest BCUT2D eigenvalue weighted by atomic mass is 32.2. The number of hydrogen-bond donors (Lipinski definition) is 2. The van der Waals surface area contributed by atoms with Crippen LogP contribution in [0.2, 0.25) is 0 Å². The fourth-order valence-corrected chi connectivity index (χ4v) is 4.98. The first kappa shape index (κ1) is 25.1. The lowest BCUT2D eigenvalue weighted by molar-refractivity contribution is 0.0964. The average Bonchev–Trinajstić information content (AvgIpc) is 3.22. The molecule has 1 aromatic heterocycles. The highest BCUT2D eigenvalue weighted by molar-refractivity contribution is 7.92. The monoisotopic (exact) mass is 511 g/mol. The molecule has 36 heavy (non-hydrogen) atoms. The first-order chi connectivity index (χ1) is 17.2. The van der Waals surface area contributed by atoms with Gasteiger partial charge in [0.1, 0.15) is 22.9 Å². The molecule has 0 aliphatic rings. The van der Waals surface area contributed by atoms with Gasteiger partial charge in [0.2, 0.25) is 10.0 Å². The number of fused-ring (bicyclic) bond motifs is 1. The third-order valence-electron chi connectivity index (χ3n) is 5.68. The van der Waals surface area contributed by atoms with E-state index in [2.05, 4.69) is 10.6 Å². The van der Waals surface area contributed by atoms with Crippen LogP contribution in [0.5, 0.6) is 5.75 Å². The molecule has 0 aliphatic carbocycles. The number of benzene rings is 3. The quantitative estimate of drug-likeness (QED) is 0.340. The minimum Gasteiger partial charge on any atom is -0.495 e. The molecule has 4 aromatic rings. The number of anilines is 3. The molecule has 1 amide bonds. The number of ether oxygens (including phenoxy) is 1. The molecule has 0 aliphatic heterocycles. The Morgan fingerprint density at radius 2 is 1.67 bits per heavy atom. The van der Waals surface area contributed by atoms with E-state index < -0.39 is 10.0 Å². The molecule has 0 atom stereocenters. The zero-order valence-corrected chi connectivity index (χ0v) is 21.1. The van der Waals surface area contributed by atoms with Crippen molar-refractivity contribution in [1.82, 2.24) is 5.32 Å². The second kappa shape index (κ2) is 9.90. The molecule has 0 bridgehead atoms. The van der Waals surface area contributed by atoms with Crippen LogP contribution in [0.15, 0.2) is 65.1 Å². The van der Waals surface area contributed by atoms with Crippen molar-refractivity contribution in [1.29, 1.82) is 0 Å². The third-order valence-corrected chi connectivity index (χ3v) is 6.94. The summed E-state index contributed by atoms with van der Waals surface area (Å²) in [5.41, 5.74) is 3.10. The molecule has 0 saturated heterocycles. The predicted molar refractivity (Wildman–Crippen MR) is 139 cm³/mol. The Hall–Kier alpha value is -4.05. The van der Waals surface area contributed by atoms with Crippen LogP contribution in [0.4, 0.5) is 21.5 Å². The largest absolute Gasteiger partial charge is 0.495 e. The summed E-state index contributed by atoms with van der Waals surface area (Å²) in [5.74, 6) is -0.0474. The van der Waals surface area contributed by atoms with Crippen molar-refractivity contribution in [2.45, 2.75) is 6.92 Å². The van der Waals surface area contributed by atoms with Crippen LogP contribution >= 0.6 is 0 Å². The highest BCUT2D eigenvalue weighted by Crippen LogP contribution is 2.41. The Bertz CT molecular complexity index is 1510. The number of carbonyl (C=O) groups excluding carboxylic acids is 1. The molecule has 188 valence electrons. The van der Waals surface area contributed by atoms with Crippen molar-refractivity contribution in [2.24, 2.45) is 0 Å². The topological polar surface area (TPSA) is 101 Å². The second-order valence-corrected chi connectivity index (χ2v) is 9.95. The van der Waals surface area contributed by atoms with Crippen LogP contribution in [-0.2, 0) is 10.0 Å². The van der Waals surface area contributed by atoms with E-state index in [9.17, 15) is 17.6 Å². The van der Waals surface area contributed by atoms with Crippen LogP contribution in [0.25, 0.3) is 22.3 Å². The molecular weight excluding hydrogens is 485 g/mol. The number of nitrogens with zero attached hydrogens (tertiary/aromatic N) is 1. The molecule has 0 unspecified atom stereocenters. The maximum atomic E-state index is 13.2. The highest BCUT2D eigenvalue weighted by Gasteiger charge is 2.26. The van der Waals surface area contributed by atoms with Crippen molar-refractivity contribution in [2.75, 3.05) is 36.6 Å². The summed E-state index contributed by atoms with van der Waals surface area (Å²) < 4.78 is 50.7. The fourth-order valence-electron chi connectivity index (χ4n) is 4.01. The van der Waals surface area contributed by atoms with Crippen LogP contribution in [0.3, 0.4) is 0 Å². The van der Waals surface area contributed by atoms with E-state index in [1.165, 1.54) is 30.6 Å². The number of hydrogen-bond acceptors (Lipinski definition) is 6. The van der Waals surface area contributed by atoms with E-state index in [4.69, 9.17) is 9.15 Å². The molecule has 8 nitrogen and oxygen atoms in total. The van der Waals surface area contributed by atoms with Crippen molar-refractivity contribution in [3.63, 3.8) is 0 Å². The standard InChI is InChI=1S/C26H26FN3O5S/c1-5-30(36(4,32)33)21-15-22-20(14-23(21)34-3)24(26(31)28-2)25(35-22)16-6-10-18(11-7-16)29-19-12-8-17(27)9-13-19/h6-15,29H,5H2,1-4H3,(H,28,31). The van der Waals surface area contributed by atoms with E-state index in [1.807, 2.05) is 12.1 Å². The van der Waals surface area contributed by atoms with Gasteiger partial charge in [0.25, 0.3) is 5.91 Å². The van der Waals surface area contributed by atoms with Gasteiger partial charge in [0.15, 0.2) is 0 Å². The van der Waals surface area contributed by atoms with E-state index in [-0.39, 0.29) is 18.3 Å². The molecule has 10 heteroatoms. The Labute approximate surface area is 208 Å². The smallest absolute Gasteiger partial charge is 0.255 e. The van der Waals surface area contributed by atoms with Gasteiger partial charge in [-0.3, -0.25) is 9.10 Å². The van der Waals surface area contributed by atoms with Gasteiger partial charge in [0.05, 0.1) is 24.6 Å². The van der Waals surface area contributed by atoms with Crippen LogP contribution in [0, 0.1) is 5.82 Å². The zero-order valence-electron chi connectivity index (χ0n) is 20.3. The lowest BCUT2D eigenvalue weighted by atomic mass is 10.0. The van der Waals surface area contributed by atoms with E-state index >= 15 is 0 Å². The maximum absolute atomic E-state index is 13.2. The Kier molecular flexibility index (Phi) is 6.89. The molecule has 2 N–H and O–H groups in total. The van der Waals surface area contributed by atoms with Gasteiger partial charge in [-0.25, -0.2) is 12.8 Å². The van der Waals surface area contributed by atoms with Gasteiger partial charge in [0, 0.05) is 42.0 Å². The molecule has 3 aromatic carbocycles. The zero-order chi connectivity index (χ0) is 26.0. The molecule has 0 radical (unpaired) electrons. The minimum atomic E-state index is -3.57. The Balaban J connectivity index is 1.81. The Morgan fingerprint density at radius 3 is 2.19 bits per heavy atom. The average molecular weight is 512 g/mol. The normalized spacial score (nSPS) is 11.4. The van der Waals surface area contributed by atoms with Crippen molar-refractivity contribution in [3.05, 3.63) is 72.0 Å². The van der Waals surface area contributed by atoms with Crippen molar-refractivity contribution >= 4 is 44.0 Å². The van der Waals surface area contributed by atoms with E-state index in [1.54, 1.807) is 43.3 Å². The first-order valence-corrected chi connectivity index (χ1v) is 13.0. The van der Waals surface area contributed by atoms with Gasteiger partial charge in [-0.05, 0) is 61.5 Å². The summed E-state index contributed by atoms with van der Waals surface area (Å²) in [6.45, 7) is 1.91. The van der Waals surface area contributed by atoms with Gasteiger partial charge < -0.3 is 19.8 Å². The number of methoxy groups -OCH3 is 1. The third kappa shape index (κ3) is 4.85. The summed E-state index contributed by atoms with van der Waals surface area (Å²) in [5, 5.41) is 6.31. The number of halogens is 1. The summed E-state index contributed by atoms with van der Waals surface area (Å²) in [4.78, 5) is 12.9. The van der Waals surface area contributed by atoms with Gasteiger partial charge in [-0.1, -0.05) is 0 Å². The molecule has 0 fully saturated rings. The summed E-state index contributed by atoms with van der Waals surface area (Å²) >= 11 is 0. The second-order valence-electron chi connectivity index (χ2n) is 8.04. The van der Waals surface area contributed by atoms with E-state index in [0.717, 1.165) is 17.6 Å². The maximum Gasteiger partial charge on any atom is 0.255 e. The van der Waals surface area contributed by atoms with Gasteiger partial charge in [-0.15, -0.1) is 0 Å². The number of furan rings is 1. The van der Waals surface area contributed by atoms with E-state index in [0.29, 0.717) is 39.3 Å². The van der Waals surface area contributed by atoms with Crippen LogP contribution in [0.1, 0.15) is 17.3 Å². The molecular formula is C26H26FN3O5S. The van der Waals surface area contributed by atoms with Crippen molar-refractivity contribution in [3.8, 4) is 17.1 Å². The van der Waals surface area contributed by atoms with Gasteiger partial charge in [-0.2, -0.15) is 0 Å². The lowest BCUT2D eigenvalue weighted by Crippen LogP contribution is -2.29.